The van der Waals surface area contributed by atoms with Gasteiger partial charge < -0.3 is 10.2 Å². The first-order valence-corrected chi connectivity index (χ1v) is 10.6. The Morgan fingerprint density at radius 2 is 1.71 bits per heavy atom. The van der Waals surface area contributed by atoms with E-state index in [0.29, 0.717) is 23.1 Å². The van der Waals surface area contributed by atoms with Gasteiger partial charge in [0.05, 0.1) is 4.90 Å². The molecule has 0 aliphatic carbocycles. The Bertz CT molecular complexity index is 951. The first kappa shape index (κ1) is 20.6. The van der Waals surface area contributed by atoms with Crippen LogP contribution < -0.4 is 10.0 Å². The van der Waals surface area contributed by atoms with Crippen LogP contribution in [0.5, 0.6) is 0 Å². The molecule has 2 N–H and O–H groups in total. The maximum absolute atomic E-state index is 12.8. The summed E-state index contributed by atoms with van der Waals surface area (Å²) in [5, 5.41) is 3.35. The van der Waals surface area contributed by atoms with Gasteiger partial charge in [-0.2, -0.15) is 0 Å². The second-order valence-corrected chi connectivity index (χ2v) is 9.07. The number of nitrogens with one attached hydrogen (secondary N) is 2. The number of benzene rings is 2. The molecule has 2 atom stereocenters. The van der Waals surface area contributed by atoms with E-state index >= 15 is 0 Å². The lowest BCUT2D eigenvalue weighted by molar-refractivity contribution is 0.0781. The fourth-order valence-corrected chi connectivity index (χ4v) is 4.94. The van der Waals surface area contributed by atoms with E-state index in [1.807, 2.05) is 24.0 Å². The lowest BCUT2D eigenvalue weighted by atomic mass is 10.0. The maximum Gasteiger partial charge on any atom is 0.261 e. The SMILES string of the molecule is Cc1ccc(NS(=O)(=O)c2cccc(C(=O)N3C[C@H]4CNC[C@H]4C3)c2)cc1.Cl. The lowest BCUT2D eigenvalue weighted by Crippen LogP contribution is -2.32. The van der Waals surface area contributed by atoms with Gasteiger partial charge in [0.15, 0.2) is 0 Å². The van der Waals surface area contributed by atoms with E-state index in [4.69, 9.17) is 0 Å². The van der Waals surface area contributed by atoms with E-state index in [-0.39, 0.29) is 23.2 Å². The Labute approximate surface area is 171 Å². The highest BCUT2D eigenvalue weighted by Gasteiger charge is 2.38. The zero-order chi connectivity index (χ0) is 19.0. The van der Waals surface area contributed by atoms with E-state index in [0.717, 1.165) is 31.7 Å². The minimum Gasteiger partial charge on any atom is -0.338 e. The molecule has 2 fully saturated rings. The summed E-state index contributed by atoms with van der Waals surface area (Å²) in [6.07, 6.45) is 0. The van der Waals surface area contributed by atoms with Crippen LogP contribution in [-0.4, -0.2) is 45.4 Å². The zero-order valence-electron chi connectivity index (χ0n) is 15.6. The summed E-state index contributed by atoms with van der Waals surface area (Å²) < 4.78 is 28.0. The number of halogens is 1. The Balaban J connectivity index is 0.00000225. The van der Waals surface area contributed by atoms with E-state index in [1.165, 1.54) is 12.1 Å². The number of sulfonamides is 1. The quantitative estimate of drug-likeness (QED) is 0.795. The van der Waals surface area contributed by atoms with E-state index < -0.39 is 10.0 Å². The van der Waals surface area contributed by atoms with Crippen molar-refractivity contribution in [2.45, 2.75) is 11.8 Å². The Hall–Kier alpha value is -2.09. The predicted octanol–water partition coefficient (Wildman–Crippen LogP) is 2.51. The molecule has 1 amide bonds. The minimum atomic E-state index is -3.75. The third kappa shape index (κ3) is 4.16. The first-order chi connectivity index (χ1) is 12.9. The molecule has 0 bridgehead atoms. The van der Waals surface area contributed by atoms with Crippen molar-refractivity contribution in [2.24, 2.45) is 11.8 Å². The first-order valence-electron chi connectivity index (χ1n) is 9.12. The largest absolute Gasteiger partial charge is 0.338 e. The van der Waals surface area contributed by atoms with Crippen LogP contribution in [0.3, 0.4) is 0 Å². The molecule has 6 nitrogen and oxygen atoms in total. The molecule has 2 aliphatic rings. The van der Waals surface area contributed by atoms with Gasteiger partial charge in [0.2, 0.25) is 0 Å². The number of anilines is 1. The van der Waals surface area contributed by atoms with Crippen LogP contribution in [0.1, 0.15) is 15.9 Å². The van der Waals surface area contributed by atoms with Crippen molar-refractivity contribution >= 4 is 34.0 Å². The standard InChI is InChI=1S/C20H23N3O3S.ClH/c1-14-5-7-18(8-6-14)22-27(25,26)19-4-2-3-15(9-19)20(24)23-12-16-10-21-11-17(16)13-23;/h2-9,16-17,21-22H,10-13H2,1H3;1H/t16-,17+;. The van der Waals surface area contributed by atoms with Crippen molar-refractivity contribution in [2.75, 3.05) is 30.9 Å². The van der Waals surface area contributed by atoms with Gasteiger partial charge in [0, 0.05) is 37.4 Å². The average molecular weight is 422 g/mol. The van der Waals surface area contributed by atoms with Gasteiger partial charge in [-0.05, 0) is 49.1 Å². The number of carbonyl (C=O) groups is 1. The Morgan fingerprint density at radius 1 is 1.07 bits per heavy atom. The van der Waals surface area contributed by atoms with Crippen molar-refractivity contribution in [3.63, 3.8) is 0 Å². The summed E-state index contributed by atoms with van der Waals surface area (Å²) in [5.74, 6) is 0.907. The molecule has 28 heavy (non-hydrogen) atoms. The van der Waals surface area contributed by atoms with E-state index in [1.54, 1.807) is 24.3 Å². The van der Waals surface area contributed by atoms with Gasteiger partial charge in [-0.25, -0.2) is 8.42 Å². The number of amides is 1. The normalized spacial score (nSPS) is 21.1. The number of carbonyl (C=O) groups excluding carboxylic acids is 1. The van der Waals surface area contributed by atoms with Crippen LogP contribution in [0.25, 0.3) is 0 Å². The molecule has 4 rings (SSSR count). The van der Waals surface area contributed by atoms with Crippen molar-refractivity contribution in [3.05, 3.63) is 59.7 Å². The van der Waals surface area contributed by atoms with Crippen LogP contribution in [0.4, 0.5) is 5.69 Å². The van der Waals surface area contributed by atoms with Crippen molar-refractivity contribution in [3.8, 4) is 0 Å². The smallest absolute Gasteiger partial charge is 0.261 e. The highest BCUT2D eigenvalue weighted by Crippen LogP contribution is 2.28. The average Bonchev–Trinajstić information content (AvgIpc) is 3.25. The minimum absolute atomic E-state index is 0. The number of hydrogen-bond donors (Lipinski definition) is 2. The van der Waals surface area contributed by atoms with Crippen molar-refractivity contribution in [1.29, 1.82) is 0 Å². The van der Waals surface area contributed by atoms with E-state index in [9.17, 15) is 13.2 Å². The molecular weight excluding hydrogens is 398 g/mol. The van der Waals surface area contributed by atoms with Crippen LogP contribution in [0, 0.1) is 18.8 Å². The van der Waals surface area contributed by atoms with Gasteiger partial charge in [0.25, 0.3) is 15.9 Å². The van der Waals surface area contributed by atoms with E-state index in [2.05, 4.69) is 10.0 Å². The van der Waals surface area contributed by atoms with Crippen LogP contribution in [-0.2, 0) is 10.0 Å². The number of fused-ring (bicyclic) bond motifs is 1. The molecule has 150 valence electrons. The molecule has 2 aromatic rings. The summed E-state index contributed by atoms with van der Waals surface area (Å²) in [6.45, 7) is 5.30. The number of rotatable bonds is 4. The van der Waals surface area contributed by atoms with Crippen LogP contribution >= 0.6 is 12.4 Å². The molecule has 2 saturated heterocycles. The summed E-state index contributed by atoms with van der Waals surface area (Å²) in [7, 11) is -3.75. The molecule has 8 heteroatoms. The molecule has 0 aromatic heterocycles. The third-order valence-electron chi connectivity index (χ3n) is 5.37. The fourth-order valence-electron chi connectivity index (χ4n) is 3.84. The van der Waals surface area contributed by atoms with Crippen molar-refractivity contribution in [1.82, 2.24) is 10.2 Å². The summed E-state index contributed by atoms with van der Waals surface area (Å²) in [4.78, 5) is 14.8. The molecular formula is C20H24ClN3O3S. The number of aryl methyl sites for hydroxylation is 1. The maximum atomic E-state index is 12.8. The highest BCUT2D eigenvalue weighted by molar-refractivity contribution is 7.92. The number of nitrogens with zero attached hydrogens (tertiary/aromatic N) is 1. The molecule has 0 unspecified atom stereocenters. The predicted molar refractivity (Wildman–Crippen MR) is 111 cm³/mol. The molecule has 0 spiro atoms. The third-order valence-corrected chi connectivity index (χ3v) is 6.75. The Kier molecular flexibility index (Phi) is 5.98. The second kappa shape index (κ2) is 8.11. The highest BCUT2D eigenvalue weighted by atomic mass is 35.5. The Morgan fingerprint density at radius 3 is 2.36 bits per heavy atom. The fraction of sp³-hybridized carbons (Fsp3) is 0.350. The van der Waals surface area contributed by atoms with Gasteiger partial charge >= 0.3 is 0 Å². The van der Waals surface area contributed by atoms with Crippen LogP contribution in [0.2, 0.25) is 0 Å². The zero-order valence-corrected chi connectivity index (χ0v) is 17.2. The molecule has 0 saturated carbocycles. The number of likely N-dealkylation sites (tertiary alicyclic amines) is 1. The van der Waals surface area contributed by atoms with Crippen molar-refractivity contribution < 1.29 is 13.2 Å². The van der Waals surface area contributed by atoms with Gasteiger partial charge in [-0.15, -0.1) is 12.4 Å². The summed E-state index contributed by atoms with van der Waals surface area (Å²) in [5.41, 5.74) is 1.96. The lowest BCUT2D eigenvalue weighted by Gasteiger charge is -2.18. The summed E-state index contributed by atoms with van der Waals surface area (Å²) >= 11 is 0. The molecule has 2 aromatic carbocycles. The second-order valence-electron chi connectivity index (χ2n) is 7.39. The van der Waals surface area contributed by atoms with Gasteiger partial charge in [-0.1, -0.05) is 23.8 Å². The van der Waals surface area contributed by atoms with Crippen LogP contribution in [0.15, 0.2) is 53.4 Å². The molecule has 2 aliphatic heterocycles. The topological polar surface area (TPSA) is 78.5 Å². The molecule has 2 heterocycles. The monoisotopic (exact) mass is 421 g/mol. The van der Waals surface area contributed by atoms with Gasteiger partial charge in [0.1, 0.15) is 0 Å². The number of hydrogen-bond acceptors (Lipinski definition) is 4. The summed E-state index contributed by atoms with van der Waals surface area (Å²) in [6, 6.07) is 13.4. The van der Waals surface area contributed by atoms with Gasteiger partial charge in [-0.3, -0.25) is 9.52 Å². The molecule has 0 radical (unpaired) electrons.